The third-order valence-electron chi connectivity index (χ3n) is 2.38. The normalized spacial score (nSPS) is 10.4. The van der Waals surface area contributed by atoms with E-state index >= 15 is 0 Å². The minimum Gasteiger partial charge on any atom is -0.492 e. The predicted molar refractivity (Wildman–Crippen MR) is 68.4 cm³/mol. The zero-order valence-corrected chi connectivity index (χ0v) is 10.7. The van der Waals surface area contributed by atoms with Crippen LogP contribution in [0.15, 0.2) is 24.3 Å². The lowest BCUT2D eigenvalue weighted by Crippen LogP contribution is -2.37. The number of hydrogen-bond acceptors (Lipinski definition) is 4. The van der Waals surface area contributed by atoms with E-state index in [9.17, 15) is 9.59 Å². The first-order valence-electron chi connectivity index (χ1n) is 5.83. The number of rotatable bonds is 8. The molecule has 6 heteroatoms. The molecule has 2 N–H and O–H groups in total. The predicted octanol–water partition coefficient (Wildman–Crippen LogP) is 0.845. The Labute approximate surface area is 111 Å². The topological polar surface area (TPSA) is 87.1 Å². The van der Waals surface area contributed by atoms with Crippen LogP contribution in [0.1, 0.15) is 5.56 Å². The number of carboxylic acid groups (broad SMARTS) is 2. The maximum absolute atomic E-state index is 10.6. The quantitative estimate of drug-likeness (QED) is 0.726. The van der Waals surface area contributed by atoms with Gasteiger partial charge < -0.3 is 14.9 Å². The fourth-order valence-electron chi connectivity index (χ4n) is 1.59. The van der Waals surface area contributed by atoms with Crippen LogP contribution >= 0.6 is 0 Å². The summed E-state index contributed by atoms with van der Waals surface area (Å²) in [6.45, 7) is 1.79. The molecule has 0 spiro atoms. The Kier molecular flexibility index (Phi) is 5.81. The molecule has 0 heterocycles. The van der Waals surface area contributed by atoms with Gasteiger partial charge in [0.2, 0.25) is 0 Å². The summed E-state index contributed by atoms with van der Waals surface area (Å²) in [5, 5.41) is 17.3. The monoisotopic (exact) mass is 267 g/mol. The molecule has 0 fully saturated rings. The second-order valence-corrected chi connectivity index (χ2v) is 4.16. The molecule has 0 aromatic heterocycles. The van der Waals surface area contributed by atoms with Crippen LogP contribution in [0.2, 0.25) is 0 Å². The highest BCUT2D eigenvalue weighted by molar-refractivity contribution is 5.72. The highest BCUT2D eigenvalue weighted by atomic mass is 16.5. The molecular weight excluding hydrogens is 250 g/mol. The van der Waals surface area contributed by atoms with Crippen LogP contribution in [0.4, 0.5) is 0 Å². The number of ether oxygens (including phenoxy) is 1. The van der Waals surface area contributed by atoms with Gasteiger partial charge in [-0.25, -0.2) is 0 Å². The molecule has 0 radical (unpaired) electrons. The van der Waals surface area contributed by atoms with Gasteiger partial charge in [0.25, 0.3) is 0 Å². The SMILES string of the molecule is Cc1cccc(OCCN(CC(=O)O)CC(=O)O)c1. The van der Waals surface area contributed by atoms with Crippen molar-refractivity contribution in [2.24, 2.45) is 0 Å². The summed E-state index contributed by atoms with van der Waals surface area (Å²) in [6.07, 6.45) is 0. The van der Waals surface area contributed by atoms with E-state index in [1.54, 1.807) is 6.07 Å². The zero-order chi connectivity index (χ0) is 14.3. The lowest BCUT2D eigenvalue weighted by atomic mass is 10.2. The number of carboxylic acids is 2. The maximum atomic E-state index is 10.6. The number of hydrogen-bond donors (Lipinski definition) is 2. The smallest absolute Gasteiger partial charge is 0.317 e. The zero-order valence-electron chi connectivity index (χ0n) is 10.7. The molecule has 0 bridgehead atoms. The van der Waals surface area contributed by atoms with Crippen molar-refractivity contribution in [2.75, 3.05) is 26.2 Å². The summed E-state index contributed by atoms with van der Waals surface area (Å²) in [5.74, 6) is -1.43. The Hall–Kier alpha value is -2.08. The van der Waals surface area contributed by atoms with Crippen molar-refractivity contribution in [3.8, 4) is 5.75 Å². The van der Waals surface area contributed by atoms with Crippen molar-refractivity contribution < 1.29 is 24.5 Å². The molecule has 1 rings (SSSR count). The second-order valence-electron chi connectivity index (χ2n) is 4.16. The van der Waals surface area contributed by atoms with Crippen molar-refractivity contribution in [1.82, 2.24) is 4.90 Å². The van der Waals surface area contributed by atoms with Gasteiger partial charge in [0, 0.05) is 6.54 Å². The number of carbonyl (C=O) groups is 2. The van der Waals surface area contributed by atoms with E-state index in [0.717, 1.165) is 5.56 Å². The average Bonchev–Trinajstić information content (AvgIpc) is 2.27. The molecule has 0 aliphatic carbocycles. The number of benzene rings is 1. The van der Waals surface area contributed by atoms with E-state index in [1.165, 1.54) is 4.90 Å². The molecule has 0 amide bonds. The van der Waals surface area contributed by atoms with Gasteiger partial charge in [0.15, 0.2) is 0 Å². The highest BCUT2D eigenvalue weighted by Gasteiger charge is 2.13. The van der Waals surface area contributed by atoms with Crippen LogP contribution in [0.25, 0.3) is 0 Å². The Morgan fingerprint density at radius 3 is 2.37 bits per heavy atom. The van der Waals surface area contributed by atoms with E-state index in [-0.39, 0.29) is 26.2 Å². The minimum absolute atomic E-state index is 0.240. The Balaban J connectivity index is 2.43. The van der Waals surface area contributed by atoms with Gasteiger partial charge in [-0.15, -0.1) is 0 Å². The summed E-state index contributed by atoms with van der Waals surface area (Å²) in [7, 11) is 0. The summed E-state index contributed by atoms with van der Waals surface area (Å²) < 4.78 is 5.45. The molecule has 104 valence electrons. The summed E-state index contributed by atoms with van der Waals surface area (Å²) in [4.78, 5) is 22.5. The van der Waals surface area contributed by atoms with Gasteiger partial charge in [-0.2, -0.15) is 0 Å². The Bertz CT molecular complexity index is 430. The third-order valence-corrected chi connectivity index (χ3v) is 2.38. The standard InChI is InChI=1S/C13H17NO5/c1-10-3-2-4-11(7-10)19-6-5-14(8-12(15)16)9-13(17)18/h2-4,7H,5-6,8-9H2,1H3,(H,15,16)(H,17,18). The van der Waals surface area contributed by atoms with Crippen LogP contribution in [-0.4, -0.2) is 53.3 Å². The molecular formula is C13H17NO5. The van der Waals surface area contributed by atoms with Gasteiger partial charge in [-0.3, -0.25) is 14.5 Å². The first kappa shape index (κ1) is 15.0. The van der Waals surface area contributed by atoms with E-state index in [2.05, 4.69) is 0 Å². The van der Waals surface area contributed by atoms with Gasteiger partial charge in [-0.1, -0.05) is 12.1 Å². The first-order chi connectivity index (χ1) is 8.97. The minimum atomic E-state index is -1.06. The van der Waals surface area contributed by atoms with Crippen molar-refractivity contribution >= 4 is 11.9 Å². The second kappa shape index (κ2) is 7.38. The van der Waals surface area contributed by atoms with Crippen molar-refractivity contribution in [3.63, 3.8) is 0 Å². The molecule has 0 saturated carbocycles. The van der Waals surface area contributed by atoms with Crippen LogP contribution in [0.3, 0.4) is 0 Å². The molecule has 0 saturated heterocycles. The fourth-order valence-corrected chi connectivity index (χ4v) is 1.59. The van der Waals surface area contributed by atoms with E-state index in [0.29, 0.717) is 5.75 Å². The van der Waals surface area contributed by atoms with Crippen LogP contribution in [0.5, 0.6) is 5.75 Å². The molecule has 19 heavy (non-hydrogen) atoms. The van der Waals surface area contributed by atoms with Crippen molar-refractivity contribution in [2.45, 2.75) is 6.92 Å². The van der Waals surface area contributed by atoms with E-state index < -0.39 is 11.9 Å². The van der Waals surface area contributed by atoms with Gasteiger partial charge >= 0.3 is 11.9 Å². The average molecular weight is 267 g/mol. The fraction of sp³-hybridized carbons (Fsp3) is 0.385. The largest absolute Gasteiger partial charge is 0.492 e. The van der Waals surface area contributed by atoms with Crippen LogP contribution < -0.4 is 4.74 Å². The maximum Gasteiger partial charge on any atom is 0.317 e. The Morgan fingerprint density at radius 1 is 1.21 bits per heavy atom. The summed E-state index contributed by atoms with van der Waals surface area (Å²) >= 11 is 0. The Morgan fingerprint density at radius 2 is 1.84 bits per heavy atom. The van der Waals surface area contributed by atoms with Crippen molar-refractivity contribution in [3.05, 3.63) is 29.8 Å². The highest BCUT2D eigenvalue weighted by Crippen LogP contribution is 2.12. The molecule has 0 atom stereocenters. The molecule has 1 aromatic rings. The van der Waals surface area contributed by atoms with E-state index in [4.69, 9.17) is 14.9 Å². The molecule has 0 aliphatic rings. The van der Waals surface area contributed by atoms with Gasteiger partial charge in [-0.05, 0) is 24.6 Å². The van der Waals surface area contributed by atoms with Gasteiger partial charge in [0.1, 0.15) is 12.4 Å². The lowest BCUT2D eigenvalue weighted by Gasteiger charge is -2.18. The van der Waals surface area contributed by atoms with E-state index in [1.807, 2.05) is 25.1 Å². The molecule has 1 aromatic carbocycles. The summed E-state index contributed by atoms with van der Waals surface area (Å²) in [6, 6.07) is 7.45. The molecule has 0 aliphatic heterocycles. The number of aryl methyl sites for hydroxylation is 1. The first-order valence-corrected chi connectivity index (χ1v) is 5.83. The lowest BCUT2D eigenvalue weighted by molar-refractivity contribution is -0.141. The number of aliphatic carboxylic acids is 2. The third kappa shape index (κ3) is 6.42. The van der Waals surface area contributed by atoms with Crippen molar-refractivity contribution in [1.29, 1.82) is 0 Å². The summed E-state index contributed by atoms with van der Waals surface area (Å²) in [5.41, 5.74) is 1.06. The van der Waals surface area contributed by atoms with Crippen LogP contribution in [0, 0.1) is 6.92 Å². The number of nitrogens with zero attached hydrogens (tertiary/aromatic N) is 1. The van der Waals surface area contributed by atoms with Crippen LogP contribution in [-0.2, 0) is 9.59 Å². The van der Waals surface area contributed by atoms with Gasteiger partial charge in [0.05, 0.1) is 13.1 Å². The molecule has 6 nitrogen and oxygen atoms in total. The molecule has 0 unspecified atom stereocenters.